The Bertz CT molecular complexity index is 618. The van der Waals surface area contributed by atoms with Gasteiger partial charge in [0.1, 0.15) is 13.1 Å². The smallest absolute Gasteiger partial charge is 0.104 e. The number of nitrogens with zero attached hydrogens (tertiary/aromatic N) is 2. The second kappa shape index (κ2) is 26.4. The van der Waals surface area contributed by atoms with Gasteiger partial charge in [0.2, 0.25) is 0 Å². The molecule has 1 aromatic rings. The molecule has 0 amide bonds. The normalized spacial score (nSPS) is 11.8. The SMILES string of the molecule is CCCCCCCCCCCC[N+](C)(C)Cc1ccccc1C[N+](C)(C)CCCCCCCCCCCC.[Cl-].[Cl-]. The number of unbranched alkanes of at least 4 members (excludes halogenated alkanes) is 18. The summed E-state index contributed by atoms with van der Waals surface area (Å²) < 4.78 is 2.22. The largest absolute Gasteiger partial charge is 1.00 e. The van der Waals surface area contributed by atoms with Crippen LogP contribution in [0.15, 0.2) is 24.3 Å². The molecule has 1 rings (SSSR count). The molecule has 40 heavy (non-hydrogen) atoms. The van der Waals surface area contributed by atoms with Crippen molar-refractivity contribution >= 4 is 0 Å². The fourth-order valence-electron chi connectivity index (χ4n) is 6.00. The molecule has 0 heterocycles. The molecule has 0 aliphatic heterocycles. The Labute approximate surface area is 265 Å². The van der Waals surface area contributed by atoms with Gasteiger partial charge in [-0.15, -0.1) is 0 Å². The second-order valence-corrected chi connectivity index (χ2v) is 13.8. The minimum absolute atomic E-state index is 0. The summed E-state index contributed by atoms with van der Waals surface area (Å²) in [7, 11) is 9.76. The molecule has 0 radical (unpaired) electrons. The molecule has 238 valence electrons. The van der Waals surface area contributed by atoms with E-state index >= 15 is 0 Å². The molecule has 0 atom stereocenters. The Balaban J connectivity index is 0. The van der Waals surface area contributed by atoms with Crippen LogP contribution in [0.4, 0.5) is 0 Å². The van der Waals surface area contributed by atoms with Gasteiger partial charge in [0.15, 0.2) is 0 Å². The number of rotatable bonds is 26. The maximum absolute atomic E-state index is 2.44. The van der Waals surface area contributed by atoms with Gasteiger partial charge in [0, 0.05) is 11.1 Å². The monoisotopic (exact) mass is 600 g/mol. The maximum atomic E-state index is 2.44. The number of benzene rings is 1. The van der Waals surface area contributed by atoms with Crippen molar-refractivity contribution in [1.82, 2.24) is 0 Å². The maximum Gasteiger partial charge on any atom is 0.104 e. The van der Waals surface area contributed by atoms with E-state index in [4.69, 9.17) is 0 Å². The molecule has 0 N–H and O–H groups in total. The molecular weight excluding hydrogens is 531 g/mol. The molecular formula is C36H70Cl2N2. The first-order valence-corrected chi connectivity index (χ1v) is 17.0. The van der Waals surface area contributed by atoms with Gasteiger partial charge < -0.3 is 33.8 Å². The first-order valence-electron chi connectivity index (χ1n) is 17.0. The lowest BCUT2D eigenvalue weighted by molar-refractivity contribution is -0.907. The van der Waals surface area contributed by atoms with Crippen molar-refractivity contribution in [2.45, 2.75) is 155 Å². The lowest BCUT2D eigenvalue weighted by atomic mass is 10.0. The van der Waals surface area contributed by atoms with Crippen molar-refractivity contribution in [2.75, 3.05) is 41.3 Å². The van der Waals surface area contributed by atoms with E-state index < -0.39 is 0 Å². The molecule has 0 saturated heterocycles. The lowest BCUT2D eigenvalue weighted by Crippen LogP contribution is -3.00. The summed E-state index contributed by atoms with van der Waals surface area (Å²) in [6.07, 6.45) is 28.4. The second-order valence-electron chi connectivity index (χ2n) is 13.8. The van der Waals surface area contributed by atoms with E-state index in [1.54, 1.807) is 11.1 Å². The van der Waals surface area contributed by atoms with E-state index in [2.05, 4.69) is 66.3 Å². The fraction of sp³-hybridized carbons (Fsp3) is 0.833. The van der Waals surface area contributed by atoms with Crippen LogP contribution in [0, 0.1) is 0 Å². The first-order chi connectivity index (χ1) is 18.3. The highest BCUT2D eigenvalue weighted by molar-refractivity contribution is 5.25. The minimum Gasteiger partial charge on any atom is -1.00 e. The Morgan fingerprint density at radius 2 is 0.650 bits per heavy atom. The standard InChI is InChI=1S/C36H70N2.2ClH/c1-7-9-11-13-15-17-19-21-23-27-31-37(3,4)33-35-29-25-26-30-36(35)34-38(5,6)32-28-24-22-20-18-16-14-12-10-8-2;;/h25-26,29-30H,7-24,27-28,31-34H2,1-6H3;2*1H/q+2;;/p-2. The summed E-state index contributed by atoms with van der Waals surface area (Å²) in [5.41, 5.74) is 3.14. The van der Waals surface area contributed by atoms with E-state index in [1.165, 1.54) is 142 Å². The van der Waals surface area contributed by atoms with Crippen molar-refractivity contribution in [3.63, 3.8) is 0 Å². The average Bonchev–Trinajstić information content (AvgIpc) is 2.87. The number of halogens is 2. The van der Waals surface area contributed by atoms with Crippen molar-refractivity contribution in [3.8, 4) is 0 Å². The van der Waals surface area contributed by atoms with E-state index in [0.717, 1.165) is 22.1 Å². The summed E-state index contributed by atoms with van der Waals surface area (Å²) in [6.45, 7) is 9.51. The zero-order chi connectivity index (χ0) is 28.0. The van der Waals surface area contributed by atoms with Crippen molar-refractivity contribution in [3.05, 3.63) is 35.4 Å². The van der Waals surface area contributed by atoms with Gasteiger partial charge in [0.25, 0.3) is 0 Å². The molecule has 0 aliphatic rings. The highest BCUT2D eigenvalue weighted by atomic mass is 35.5. The zero-order valence-electron chi connectivity index (χ0n) is 27.9. The molecule has 0 aliphatic carbocycles. The molecule has 4 heteroatoms. The van der Waals surface area contributed by atoms with E-state index in [9.17, 15) is 0 Å². The molecule has 0 saturated carbocycles. The van der Waals surface area contributed by atoms with Crippen LogP contribution in [0.1, 0.15) is 153 Å². The highest BCUT2D eigenvalue weighted by Gasteiger charge is 2.22. The topological polar surface area (TPSA) is 0 Å². The van der Waals surface area contributed by atoms with Gasteiger partial charge in [-0.05, 0) is 25.7 Å². The Morgan fingerprint density at radius 1 is 0.400 bits per heavy atom. The van der Waals surface area contributed by atoms with Crippen molar-refractivity contribution in [2.24, 2.45) is 0 Å². The van der Waals surface area contributed by atoms with Crippen LogP contribution in [0.2, 0.25) is 0 Å². The molecule has 0 aromatic heterocycles. The van der Waals surface area contributed by atoms with Gasteiger partial charge in [-0.25, -0.2) is 0 Å². The van der Waals surface area contributed by atoms with Crippen LogP contribution in [-0.2, 0) is 13.1 Å². The van der Waals surface area contributed by atoms with Gasteiger partial charge in [0.05, 0.1) is 41.3 Å². The van der Waals surface area contributed by atoms with Crippen LogP contribution in [0.3, 0.4) is 0 Å². The molecule has 0 spiro atoms. The van der Waals surface area contributed by atoms with Crippen LogP contribution >= 0.6 is 0 Å². The highest BCUT2D eigenvalue weighted by Crippen LogP contribution is 2.21. The number of hydrogen-bond donors (Lipinski definition) is 0. The predicted molar refractivity (Wildman–Crippen MR) is 171 cm³/mol. The predicted octanol–water partition coefficient (Wildman–Crippen LogP) is 4.69. The Kier molecular flexibility index (Phi) is 27.6. The summed E-state index contributed by atoms with van der Waals surface area (Å²) in [5.74, 6) is 0. The van der Waals surface area contributed by atoms with Crippen molar-refractivity contribution in [1.29, 1.82) is 0 Å². The number of quaternary nitrogens is 2. The molecule has 2 nitrogen and oxygen atoms in total. The Morgan fingerprint density at radius 3 is 0.925 bits per heavy atom. The summed E-state index contributed by atoms with van der Waals surface area (Å²) in [5, 5.41) is 0. The van der Waals surface area contributed by atoms with Crippen LogP contribution in [-0.4, -0.2) is 50.2 Å². The first kappa shape index (κ1) is 41.9. The summed E-state index contributed by atoms with van der Waals surface area (Å²) in [4.78, 5) is 0. The molecule has 0 unspecified atom stereocenters. The van der Waals surface area contributed by atoms with E-state index in [-0.39, 0.29) is 24.8 Å². The van der Waals surface area contributed by atoms with Gasteiger partial charge in [-0.1, -0.05) is 141 Å². The quantitative estimate of drug-likeness (QED) is 0.107. The lowest BCUT2D eigenvalue weighted by Gasteiger charge is -2.33. The molecule has 0 bridgehead atoms. The van der Waals surface area contributed by atoms with E-state index in [1.807, 2.05) is 0 Å². The Hall–Kier alpha value is -0.280. The van der Waals surface area contributed by atoms with Crippen LogP contribution < -0.4 is 24.8 Å². The van der Waals surface area contributed by atoms with Gasteiger partial charge in [-0.3, -0.25) is 0 Å². The zero-order valence-corrected chi connectivity index (χ0v) is 29.4. The van der Waals surface area contributed by atoms with Gasteiger partial charge >= 0.3 is 0 Å². The third-order valence-electron chi connectivity index (χ3n) is 8.55. The minimum atomic E-state index is 0. The van der Waals surface area contributed by atoms with Crippen LogP contribution in [0.5, 0.6) is 0 Å². The summed E-state index contributed by atoms with van der Waals surface area (Å²) in [6, 6.07) is 9.30. The summed E-state index contributed by atoms with van der Waals surface area (Å²) >= 11 is 0. The van der Waals surface area contributed by atoms with Gasteiger partial charge in [-0.2, -0.15) is 0 Å². The fourth-order valence-corrected chi connectivity index (χ4v) is 6.00. The molecule has 0 fully saturated rings. The third kappa shape index (κ3) is 23.3. The van der Waals surface area contributed by atoms with Crippen LogP contribution in [0.25, 0.3) is 0 Å². The number of hydrogen-bond acceptors (Lipinski definition) is 0. The third-order valence-corrected chi connectivity index (χ3v) is 8.55. The van der Waals surface area contributed by atoms with Crippen molar-refractivity contribution < 1.29 is 33.8 Å². The molecule has 1 aromatic carbocycles. The van der Waals surface area contributed by atoms with E-state index in [0.29, 0.717) is 0 Å². The average molecular weight is 602 g/mol.